The van der Waals surface area contributed by atoms with Crippen molar-refractivity contribution >= 4 is 23.6 Å². The van der Waals surface area contributed by atoms with Crippen molar-refractivity contribution in [1.82, 2.24) is 9.80 Å². The molecule has 27 heavy (non-hydrogen) atoms. The fourth-order valence-corrected chi connectivity index (χ4v) is 6.41. The Bertz CT molecular complexity index is 706. The summed E-state index contributed by atoms with van der Waals surface area (Å²) >= 11 is 1.95. The van der Waals surface area contributed by atoms with E-state index < -0.39 is 0 Å². The van der Waals surface area contributed by atoms with E-state index in [1.165, 1.54) is 19.3 Å². The van der Waals surface area contributed by atoms with E-state index in [9.17, 15) is 9.59 Å². The maximum absolute atomic E-state index is 13.2. The van der Waals surface area contributed by atoms with Crippen molar-refractivity contribution in [3.05, 3.63) is 35.4 Å². The van der Waals surface area contributed by atoms with Crippen LogP contribution >= 0.6 is 11.8 Å². The Morgan fingerprint density at radius 3 is 2.44 bits per heavy atom. The second-order valence-electron chi connectivity index (χ2n) is 8.23. The molecule has 2 heterocycles. The number of hydrogen-bond donors (Lipinski definition) is 0. The zero-order valence-electron chi connectivity index (χ0n) is 16.3. The summed E-state index contributed by atoms with van der Waals surface area (Å²) in [5, 5.41) is 0. The summed E-state index contributed by atoms with van der Waals surface area (Å²) in [6.45, 7) is 4.37. The number of carbonyl (C=O) groups excluding carboxylic acids is 2. The molecule has 0 aromatic heterocycles. The molecule has 1 spiro atoms. The molecule has 0 atom stereocenters. The van der Waals surface area contributed by atoms with Crippen LogP contribution in [0.15, 0.2) is 24.3 Å². The average Bonchev–Trinajstić information content (AvgIpc) is 3.11. The molecule has 0 unspecified atom stereocenters. The first kappa shape index (κ1) is 18.9. The van der Waals surface area contributed by atoms with Gasteiger partial charge in [0, 0.05) is 36.9 Å². The quantitative estimate of drug-likeness (QED) is 0.769. The van der Waals surface area contributed by atoms with E-state index >= 15 is 0 Å². The van der Waals surface area contributed by atoms with E-state index in [1.54, 1.807) is 0 Å². The molecular weight excluding hydrogens is 356 g/mol. The van der Waals surface area contributed by atoms with Gasteiger partial charge in [-0.1, -0.05) is 37.5 Å². The second-order valence-corrected chi connectivity index (χ2v) is 9.68. The Kier molecular flexibility index (Phi) is 5.49. The van der Waals surface area contributed by atoms with E-state index in [1.807, 2.05) is 47.9 Å². The highest BCUT2D eigenvalue weighted by atomic mass is 32.2. The largest absolute Gasteiger partial charge is 0.338 e. The van der Waals surface area contributed by atoms with E-state index in [4.69, 9.17) is 0 Å². The van der Waals surface area contributed by atoms with Crippen molar-refractivity contribution in [3.8, 4) is 0 Å². The number of rotatable bonds is 2. The zero-order chi connectivity index (χ0) is 18.9. The summed E-state index contributed by atoms with van der Waals surface area (Å²) in [4.78, 5) is 30.2. The molecule has 5 heteroatoms. The van der Waals surface area contributed by atoms with Crippen molar-refractivity contribution in [2.45, 2.75) is 56.7 Å². The highest BCUT2D eigenvalue weighted by Crippen LogP contribution is 2.45. The number of amides is 2. The van der Waals surface area contributed by atoms with Crippen molar-refractivity contribution in [2.75, 3.05) is 25.4 Å². The molecular formula is C22H30N2O2S. The van der Waals surface area contributed by atoms with Gasteiger partial charge in [0.25, 0.3) is 5.91 Å². The Morgan fingerprint density at radius 2 is 1.74 bits per heavy atom. The van der Waals surface area contributed by atoms with Crippen LogP contribution in [-0.4, -0.2) is 51.9 Å². The molecule has 3 fully saturated rings. The number of nitrogens with zero attached hydrogens (tertiary/aromatic N) is 2. The van der Waals surface area contributed by atoms with Crippen LogP contribution < -0.4 is 0 Å². The molecule has 1 aliphatic carbocycles. The van der Waals surface area contributed by atoms with Crippen molar-refractivity contribution in [1.29, 1.82) is 0 Å². The summed E-state index contributed by atoms with van der Waals surface area (Å²) in [5.41, 5.74) is 1.84. The van der Waals surface area contributed by atoms with Gasteiger partial charge < -0.3 is 9.80 Å². The molecule has 1 aromatic carbocycles. The standard InChI is InChI=1S/C22H30N2O2S/c1-17-7-5-6-10-19(17)21(26)23-13-11-22(12-14-23)24(15-16-27-22)20(25)18-8-3-2-4-9-18/h5-7,10,18H,2-4,8-9,11-16H2,1H3. The summed E-state index contributed by atoms with van der Waals surface area (Å²) < 4.78 is 0. The molecule has 146 valence electrons. The predicted octanol–water partition coefficient (Wildman–Crippen LogP) is 4.08. The lowest BCUT2D eigenvalue weighted by atomic mass is 9.87. The van der Waals surface area contributed by atoms with E-state index in [0.717, 1.165) is 62.2 Å². The van der Waals surface area contributed by atoms with Crippen LogP contribution in [0.1, 0.15) is 60.9 Å². The van der Waals surface area contributed by atoms with Gasteiger partial charge in [0.15, 0.2) is 0 Å². The first-order chi connectivity index (χ1) is 13.1. The van der Waals surface area contributed by atoms with Gasteiger partial charge in [-0.05, 0) is 44.2 Å². The lowest BCUT2D eigenvalue weighted by molar-refractivity contribution is -0.140. The van der Waals surface area contributed by atoms with E-state index in [0.29, 0.717) is 5.91 Å². The topological polar surface area (TPSA) is 40.6 Å². The van der Waals surface area contributed by atoms with Gasteiger partial charge >= 0.3 is 0 Å². The Morgan fingerprint density at radius 1 is 1.04 bits per heavy atom. The van der Waals surface area contributed by atoms with Crippen LogP contribution in [0, 0.1) is 12.8 Å². The number of thioether (sulfide) groups is 1. The SMILES string of the molecule is Cc1ccccc1C(=O)N1CCC2(CC1)SCCN2C(=O)C1CCCCC1. The molecule has 3 aliphatic rings. The molecule has 1 saturated carbocycles. The second kappa shape index (κ2) is 7.86. The zero-order valence-corrected chi connectivity index (χ0v) is 17.1. The van der Waals surface area contributed by atoms with Gasteiger partial charge in [-0.15, -0.1) is 11.8 Å². The Hall–Kier alpha value is -1.49. The van der Waals surface area contributed by atoms with Crippen molar-refractivity contribution in [3.63, 3.8) is 0 Å². The number of likely N-dealkylation sites (tertiary alicyclic amines) is 1. The van der Waals surface area contributed by atoms with Crippen molar-refractivity contribution < 1.29 is 9.59 Å². The van der Waals surface area contributed by atoms with Gasteiger partial charge in [0.05, 0.1) is 4.87 Å². The third kappa shape index (κ3) is 3.63. The summed E-state index contributed by atoms with van der Waals surface area (Å²) in [6, 6.07) is 7.83. The first-order valence-electron chi connectivity index (χ1n) is 10.4. The minimum Gasteiger partial charge on any atom is -0.338 e. The molecule has 4 nitrogen and oxygen atoms in total. The van der Waals surface area contributed by atoms with Crippen LogP contribution in [0.3, 0.4) is 0 Å². The first-order valence-corrected chi connectivity index (χ1v) is 11.4. The molecule has 0 radical (unpaired) electrons. The highest BCUT2D eigenvalue weighted by Gasteiger charge is 2.48. The molecule has 4 rings (SSSR count). The molecule has 2 amide bonds. The van der Waals surface area contributed by atoms with Crippen LogP contribution in [0.4, 0.5) is 0 Å². The minimum absolute atomic E-state index is 0.0724. The number of piperidine rings is 1. The minimum atomic E-state index is -0.0724. The van der Waals surface area contributed by atoms with E-state index in [2.05, 4.69) is 4.90 Å². The Balaban J connectivity index is 1.43. The number of aryl methyl sites for hydroxylation is 1. The van der Waals surface area contributed by atoms with Crippen LogP contribution in [0.25, 0.3) is 0 Å². The van der Waals surface area contributed by atoms with Gasteiger partial charge in [0.2, 0.25) is 5.91 Å². The third-order valence-electron chi connectivity index (χ3n) is 6.61. The highest BCUT2D eigenvalue weighted by molar-refractivity contribution is 8.00. The molecule has 2 aliphatic heterocycles. The number of benzene rings is 1. The number of hydrogen-bond acceptors (Lipinski definition) is 3. The average molecular weight is 387 g/mol. The smallest absolute Gasteiger partial charge is 0.254 e. The monoisotopic (exact) mass is 386 g/mol. The van der Waals surface area contributed by atoms with Crippen LogP contribution in [0.2, 0.25) is 0 Å². The Labute approximate surface area is 166 Å². The van der Waals surface area contributed by atoms with Gasteiger partial charge in [-0.25, -0.2) is 0 Å². The van der Waals surface area contributed by atoms with Gasteiger partial charge in [0.1, 0.15) is 0 Å². The maximum atomic E-state index is 13.2. The molecule has 2 saturated heterocycles. The van der Waals surface area contributed by atoms with Gasteiger partial charge in [-0.2, -0.15) is 0 Å². The molecule has 0 N–H and O–H groups in total. The summed E-state index contributed by atoms with van der Waals surface area (Å²) in [6.07, 6.45) is 7.59. The van der Waals surface area contributed by atoms with Crippen molar-refractivity contribution in [2.24, 2.45) is 5.92 Å². The van der Waals surface area contributed by atoms with E-state index in [-0.39, 0.29) is 16.7 Å². The maximum Gasteiger partial charge on any atom is 0.254 e. The normalized spacial score (nSPS) is 23.0. The lowest BCUT2D eigenvalue weighted by Gasteiger charge is -2.45. The van der Waals surface area contributed by atoms with Crippen LogP contribution in [0.5, 0.6) is 0 Å². The number of carbonyl (C=O) groups is 2. The molecule has 1 aromatic rings. The predicted molar refractivity (Wildman–Crippen MR) is 110 cm³/mol. The third-order valence-corrected chi connectivity index (χ3v) is 8.16. The van der Waals surface area contributed by atoms with Gasteiger partial charge in [-0.3, -0.25) is 9.59 Å². The summed E-state index contributed by atoms with van der Waals surface area (Å²) in [7, 11) is 0. The van der Waals surface area contributed by atoms with Crippen LogP contribution in [-0.2, 0) is 4.79 Å². The molecule has 0 bridgehead atoms. The lowest BCUT2D eigenvalue weighted by Crippen LogP contribution is -2.55. The fraction of sp³-hybridized carbons (Fsp3) is 0.636. The fourth-order valence-electron chi connectivity index (χ4n) is 4.95. The summed E-state index contributed by atoms with van der Waals surface area (Å²) in [5.74, 6) is 1.79.